The molecule has 7 nitrogen and oxygen atoms in total. The molecule has 0 unspecified atom stereocenters. The maximum Gasteiger partial charge on any atom is 0.341 e. The number of halogens is 4. The molecule has 0 atom stereocenters. The second kappa shape index (κ2) is 9.48. The Labute approximate surface area is 231 Å². The lowest BCUT2D eigenvalue weighted by Gasteiger charge is -2.37. The highest BCUT2D eigenvalue weighted by atomic mass is 35.5. The molecule has 0 fully saturated rings. The van der Waals surface area contributed by atoms with Gasteiger partial charge in [0.05, 0.1) is 25.7 Å². The monoisotopic (exact) mass is 582 g/mol. The second-order valence-electron chi connectivity index (χ2n) is 8.81. The summed E-state index contributed by atoms with van der Waals surface area (Å²) in [6.07, 6.45) is 2.34. The van der Waals surface area contributed by atoms with E-state index in [0.29, 0.717) is 31.2 Å². The molecule has 37 heavy (non-hydrogen) atoms. The van der Waals surface area contributed by atoms with Crippen LogP contribution in [0.5, 0.6) is 23.0 Å². The first-order valence-electron chi connectivity index (χ1n) is 11.2. The van der Waals surface area contributed by atoms with Crippen molar-refractivity contribution in [3.63, 3.8) is 0 Å². The number of carbonyl (C=O) groups is 2. The fraction of sp³-hybridized carbons (Fsp3) is 0.231. The highest BCUT2D eigenvalue weighted by Gasteiger charge is 2.56. The van der Waals surface area contributed by atoms with Crippen molar-refractivity contribution in [3.05, 3.63) is 78.2 Å². The van der Waals surface area contributed by atoms with E-state index < -0.39 is 17.5 Å². The van der Waals surface area contributed by atoms with Gasteiger partial charge in [0, 0.05) is 35.2 Å². The van der Waals surface area contributed by atoms with Crippen molar-refractivity contribution < 1.29 is 34.4 Å². The zero-order valence-corrected chi connectivity index (χ0v) is 21.9. The van der Waals surface area contributed by atoms with E-state index in [1.54, 1.807) is 6.07 Å². The van der Waals surface area contributed by atoms with E-state index in [2.05, 4.69) is 0 Å². The Morgan fingerprint density at radius 3 is 2.00 bits per heavy atom. The zero-order valence-electron chi connectivity index (χ0n) is 18.9. The molecule has 11 heteroatoms. The van der Waals surface area contributed by atoms with E-state index in [0.717, 1.165) is 0 Å². The van der Waals surface area contributed by atoms with Crippen molar-refractivity contribution in [1.29, 1.82) is 0 Å². The number of carboxylic acids is 1. The van der Waals surface area contributed by atoms with Crippen LogP contribution in [0.2, 0.25) is 20.1 Å². The largest absolute Gasteiger partial charge is 0.506 e. The topological polar surface area (TPSA) is 113 Å². The predicted octanol–water partition coefficient (Wildman–Crippen LogP) is 7.47. The van der Waals surface area contributed by atoms with Gasteiger partial charge in [-0.25, -0.2) is 4.79 Å². The molecule has 192 valence electrons. The van der Waals surface area contributed by atoms with E-state index in [4.69, 9.17) is 61.0 Å². The molecule has 3 N–H and O–H groups in total. The fourth-order valence-electron chi connectivity index (χ4n) is 4.85. The van der Waals surface area contributed by atoms with Crippen LogP contribution in [0.1, 0.15) is 58.3 Å². The SMILES string of the molecule is O=C(O)CCCCCc1cc(Cl)c2c(c1Cl)C1(OC2=O)c2cc(Cl)c(O)cc2Oc2cc(O)c(Cl)cc21. The van der Waals surface area contributed by atoms with Crippen molar-refractivity contribution in [2.45, 2.75) is 37.7 Å². The number of rotatable bonds is 6. The number of aliphatic carboxylic acids is 1. The third-order valence-electron chi connectivity index (χ3n) is 6.51. The second-order valence-corrected chi connectivity index (χ2v) is 10.4. The van der Waals surface area contributed by atoms with Gasteiger partial charge in [0.2, 0.25) is 0 Å². The van der Waals surface area contributed by atoms with Gasteiger partial charge in [-0.05, 0) is 43.0 Å². The number of aryl methyl sites for hydroxylation is 1. The van der Waals surface area contributed by atoms with Crippen molar-refractivity contribution in [3.8, 4) is 23.0 Å². The van der Waals surface area contributed by atoms with Gasteiger partial charge in [0.25, 0.3) is 0 Å². The summed E-state index contributed by atoms with van der Waals surface area (Å²) < 4.78 is 12.0. The van der Waals surface area contributed by atoms with Gasteiger partial charge in [0.15, 0.2) is 5.60 Å². The molecule has 0 bridgehead atoms. The highest BCUT2D eigenvalue weighted by Crippen LogP contribution is 2.61. The number of phenolic OH excluding ortho intramolecular Hbond substituents is 2. The summed E-state index contributed by atoms with van der Waals surface area (Å²) in [6.45, 7) is 0. The lowest BCUT2D eigenvalue weighted by Crippen LogP contribution is -2.33. The number of benzene rings is 3. The molecule has 0 aliphatic carbocycles. The lowest BCUT2D eigenvalue weighted by molar-refractivity contribution is -0.137. The molecule has 0 saturated heterocycles. The minimum Gasteiger partial charge on any atom is -0.506 e. The van der Waals surface area contributed by atoms with Crippen LogP contribution in [0.4, 0.5) is 0 Å². The smallest absolute Gasteiger partial charge is 0.341 e. The number of fused-ring (bicyclic) bond motifs is 6. The number of esters is 1. The van der Waals surface area contributed by atoms with E-state index >= 15 is 0 Å². The number of carboxylic acid groups (broad SMARTS) is 1. The van der Waals surface area contributed by atoms with Crippen LogP contribution < -0.4 is 4.74 Å². The molecule has 2 heterocycles. The Morgan fingerprint density at radius 2 is 1.43 bits per heavy atom. The summed E-state index contributed by atoms with van der Waals surface area (Å²) in [6, 6.07) is 7.00. The summed E-state index contributed by atoms with van der Waals surface area (Å²) in [4.78, 5) is 24.1. The standard InChI is InChI=1S/C26H18Cl4O7/c27-14-7-12-19(9-17(14)31)36-20-10-18(32)15(28)8-13(20)26(12)23-22(25(35)37-26)16(29)6-11(24(23)30)4-2-1-3-5-21(33)34/h6-10,31-32H,1-5H2,(H,33,34). The Bertz CT molecular complexity index is 1430. The highest BCUT2D eigenvalue weighted by molar-refractivity contribution is 6.38. The Morgan fingerprint density at radius 1 is 0.838 bits per heavy atom. The van der Waals surface area contributed by atoms with Gasteiger partial charge in [-0.2, -0.15) is 0 Å². The molecule has 3 aromatic carbocycles. The normalized spacial score (nSPS) is 14.5. The van der Waals surface area contributed by atoms with Crippen molar-refractivity contribution in [2.75, 3.05) is 0 Å². The maximum absolute atomic E-state index is 13.3. The van der Waals surface area contributed by atoms with Crippen LogP contribution in [0.3, 0.4) is 0 Å². The maximum atomic E-state index is 13.3. The molecular formula is C26H18Cl4O7. The fourth-order valence-corrected chi connectivity index (χ4v) is 5.85. The van der Waals surface area contributed by atoms with Crippen molar-refractivity contribution >= 4 is 58.3 Å². The molecule has 0 saturated carbocycles. The number of phenols is 2. The molecule has 0 radical (unpaired) electrons. The summed E-state index contributed by atoms with van der Waals surface area (Å²) >= 11 is 26.1. The van der Waals surface area contributed by atoms with Gasteiger partial charge < -0.3 is 24.8 Å². The Kier molecular flexibility index (Phi) is 6.61. The van der Waals surface area contributed by atoms with Gasteiger partial charge >= 0.3 is 11.9 Å². The predicted molar refractivity (Wildman–Crippen MR) is 138 cm³/mol. The Balaban J connectivity index is 1.73. The van der Waals surface area contributed by atoms with Crippen LogP contribution in [0.15, 0.2) is 30.3 Å². The molecule has 3 aromatic rings. The molecule has 0 amide bonds. The number of carbonyl (C=O) groups excluding carboxylic acids is 1. The van der Waals surface area contributed by atoms with E-state index in [1.165, 1.54) is 24.3 Å². The van der Waals surface area contributed by atoms with Gasteiger partial charge in [-0.15, -0.1) is 0 Å². The van der Waals surface area contributed by atoms with Crippen LogP contribution >= 0.6 is 46.4 Å². The molecule has 2 aliphatic rings. The summed E-state index contributed by atoms with van der Waals surface area (Å²) in [5.74, 6) is -1.86. The van der Waals surface area contributed by atoms with E-state index in [-0.39, 0.29) is 71.8 Å². The van der Waals surface area contributed by atoms with Crippen molar-refractivity contribution in [1.82, 2.24) is 0 Å². The minimum atomic E-state index is -1.69. The van der Waals surface area contributed by atoms with Crippen molar-refractivity contribution in [2.24, 2.45) is 0 Å². The third kappa shape index (κ3) is 4.14. The lowest BCUT2D eigenvalue weighted by atomic mass is 9.77. The summed E-state index contributed by atoms with van der Waals surface area (Å²) in [5, 5.41) is 29.7. The summed E-state index contributed by atoms with van der Waals surface area (Å²) in [5.41, 5.74) is -0.149. The first-order valence-corrected chi connectivity index (χ1v) is 12.8. The number of aromatic hydroxyl groups is 2. The average Bonchev–Trinajstić information content (AvgIpc) is 3.14. The van der Waals surface area contributed by atoms with Crippen LogP contribution in [0, 0.1) is 0 Å². The number of unbranched alkanes of at least 4 members (excludes halogenated alkanes) is 2. The van der Waals surface area contributed by atoms with Crippen LogP contribution in [-0.4, -0.2) is 27.3 Å². The molecular weight excluding hydrogens is 566 g/mol. The molecule has 2 aliphatic heterocycles. The Hall–Kier alpha value is -2.84. The first kappa shape index (κ1) is 25.8. The third-order valence-corrected chi connectivity index (χ3v) is 7.84. The van der Waals surface area contributed by atoms with Gasteiger partial charge in [0.1, 0.15) is 23.0 Å². The summed E-state index contributed by atoms with van der Waals surface area (Å²) in [7, 11) is 0. The minimum absolute atomic E-state index is 0.0173. The van der Waals surface area contributed by atoms with Gasteiger partial charge in [-0.3, -0.25) is 4.79 Å². The van der Waals surface area contributed by atoms with E-state index in [9.17, 15) is 19.8 Å². The molecule has 5 rings (SSSR count). The van der Waals surface area contributed by atoms with Gasteiger partial charge in [-0.1, -0.05) is 52.8 Å². The zero-order chi connectivity index (χ0) is 26.6. The first-order chi connectivity index (χ1) is 17.5. The average molecular weight is 584 g/mol. The number of hydrogen-bond donors (Lipinski definition) is 3. The molecule has 1 spiro atoms. The quantitative estimate of drug-likeness (QED) is 0.204. The van der Waals surface area contributed by atoms with E-state index in [1.807, 2.05) is 0 Å². The van der Waals surface area contributed by atoms with Crippen LogP contribution in [-0.2, 0) is 21.6 Å². The van der Waals surface area contributed by atoms with Crippen LogP contribution in [0.25, 0.3) is 0 Å². The number of ether oxygens (including phenoxy) is 2. The number of hydrogen-bond acceptors (Lipinski definition) is 6. The molecule has 0 aromatic heterocycles.